The second kappa shape index (κ2) is 7.97. The van der Waals surface area contributed by atoms with Crippen LogP contribution in [0.2, 0.25) is 5.02 Å². The van der Waals surface area contributed by atoms with E-state index in [-0.39, 0.29) is 17.6 Å². The summed E-state index contributed by atoms with van der Waals surface area (Å²) in [4.78, 5) is 28.9. The van der Waals surface area contributed by atoms with Gasteiger partial charge in [0.2, 0.25) is 5.91 Å². The van der Waals surface area contributed by atoms with Crippen LogP contribution in [0.15, 0.2) is 18.2 Å². The Balaban J connectivity index is 1.24. The van der Waals surface area contributed by atoms with Crippen molar-refractivity contribution in [3.63, 3.8) is 0 Å². The number of amides is 2. The van der Waals surface area contributed by atoms with Crippen molar-refractivity contribution in [2.45, 2.75) is 71.1 Å². The zero-order chi connectivity index (χ0) is 23.6. The van der Waals surface area contributed by atoms with Crippen LogP contribution < -0.4 is 0 Å². The van der Waals surface area contributed by atoms with Crippen molar-refractivity contribution in [3.05, 3.63) is 40.4 Å². The molecule has 1 atom stereocenters. The van der Waals surface area contributed by atoms with Gasteiger partial charge in [-0.3, -0.25) is 14.3 Å². The van der Waals surface area contributed by atoms with E-state index in [9.17, 15) is 9.59 Å². The van der Waals surface area contributed by atoms with Crippen LogP contribution in [0.5, 0.6) is 0 Å². The van der Waals surface area contributed by atoms with Gasteiger partial charge in [0.15, 0.2) is 5.82 Å². The number of aromatic nitrogens is 3. The van der Waals surface area contributed by atoms with E-state index in [2.05, 4.69) is 14.8 Å². The Morgan fingerprint density at radius 3 is 2.65 bits per heavy atom. The van der Waals surface area contributed by atoms with Gasteiger partial charge in [0.25, 0.3) is 0 Å². The Morgan fingerprint density at radius 1 is 1.18 bits per heavy atom. The highest BCUT2D eigenvalue weighted by Crippen LogP contribution is 2.56. The zero-order valence-corrected chi connectivity index (χ0v) is 20.4. The number of rotatable bonds is 4. The summed E-state index contributed by atoms with van der Waals surface area (Å²) in [6.45, 7) is 6.37. The van der Waals surface area contributed by atoms with Crippen LogP contribution in [0, 0.1) is 11.3 Å². The van der Waals surface area contributed by atoms with E-state index in [1.165, 1.54) is 0 Å². The van der Waals surface area contributed by atoms with E-state index >= 15 is 0 Å². The molecule has 2 saturated carbocycles. The van der Waals surface area contributed by atoms with Gasteiger partial charge in [0.1, 0.15) is 11.9 Å². The molecule has 1 aromatic carbocycles. The normalized spacial score (nSPS) is 21.7. The first-order chi connectivity index (χ1) is 16.4. The first-order valence-corrected chi connectivity index (χ1v) is 12.7. The molecule has 0 radical (unpaired) electrons. The third kappa shape index (κ3) is 3.67. The van der Waals surface area contributed by atoms with Gasteiger partial charge in [-0.25, -0.2) is 4.79 Å². The topological polar surface area (TPSA) is 80.6 Å². The molecule has 3 heterocycles. The Labute approximate surface area is 204 Å². The molecule has 0 unspecified atom stereocenters. The Hall–Kier alpha value is -2.61. The SMILES string of the molecule is CC[C@@H](C)OC(=O)N1Cc2cc(Cl)ccc2-n2c(nnc2C2CC3(C2)CN(C(=O)C2CC2)C3)C1. The average molecular weight is 484 g/mol. The summed E-state index contributed by atoms with van der Waals surface area (Å²) in [6.07, 6.45) is 4.41. The van der Waals surface area contributed by atoms with Crippen LogP contribution in [0.4, 0.5) is 4.79 Å². The largest absolute Gasteiger partial charge is 0.446 e. The fraction of sp³-hybridized carbons (Fsp3) is 0.600. The van der Waals surface area contributed by atoms with Crippen molar-refractivity contribution in [3.8, 4) is 5.69 Å². The van der Waals surface area contributed by atoms with Crippen molar-refractivity contribution in [2.24, 2.45) is 11.3 Å². The van der Waals surface area contributed by atoms with Crippen molar-refractivity contribution in [1.29, 1.82) is 0 Å². The minimum absolute atomic E-state index is 0.150. The number of hydrogen-bond donors (Lipinski definition) is 0. The summed E-state index contributed by atoms with van der Waals surface area (Å²) >= 11 is 6.33. The molecule has 1 saturated heterocycles. The number of carbonyl (C=O) groups is 2. The molecule has 4 aliphatic rings. The van der Waals surface area contributed by atoms with E-state index in [1.807, 2.05) is 36.9 Å². The highest BCUT2D eigenvalue weighted by Gasteiger charge is 2.56. The summed E-state index contributed by atoms with van der Waals surface area (Å²) in [5.74, 6) is 2.60. The number of benzene rings is 1. The van der Waals surface area contributed by atoms with Gasteiger partial charge < -0.3 is 9.64 Å². The van der Waals surface area contributed by atoms with Gasteiger partial charge in [-0.15, -0.1) is 10.2 Å². The third-order valence-electron chi connectivity index (χ3n) is 7.88. The molecule has 2 aromatic rings. The van der Waals surface area contributed by atoms with Crippen LogP contribution in [0.3, 0.4) is 0 Å². The van der Waals surface area contributed by atoms with Crippen LogP contribution in [0.25, 0.3) is 5.69 Å². The lowest BCUT2D eigenvalue weighted by atomic mass is 9.57. The van der Waals surface area contributed by atoms with Crippen LogP contribution in [0.1, 0.15) is 69.1 Å². The summed E-state index contributed by atoms with van der Waals surface area (Å²) < 4.78 is 7.72. The number of fused-ring (bicyclic) bond motifs is 3. The fourth-order valence-electron chi connectivity index (χ4n) is 5.68. The highest BCUT2D eigenvalue weighted by molar-refractivity contribution is 6.30. The van der Waals surface area contributed by atoms with Gasteiger partial charge in [-0.05, 0) is 62.8 Å². The van der Waals surface area contributed by atoms with E-state index < -0.39 is 0 Å². The monoisotopic (exact) mass is 483 g/mol. The summed E-state index contributed by atoms with van der Waals surface area (Å²) in [5, 5.41) is 9.72. The number of hydrogen-bond acceptors (Lipinski definition) is 5. The van der Waals surface area contributed by atoms with Gasteiger partial charge in [-0.1, -0.05) is 18.5 Å². The fourth-order valence-corrected chi connectivity index (χ4v) is 5.88. The first kappa shape index (κ1) is 21.9. The number of carbonyl (C=O) groups excluding carboxylic acids is 2. The van der Waals surface area contributed by atoms with Crippen molar-refractivity contribution in [1.82, 2.24) is 24.6 Å². The molecule has 34 heavy (non-hydrogen) atoms. The molecule has 8 nitrogen and oxygen atoms in total. The lowest BCUT2D eigenvalue weighted by Crippen LogP contribution is -2.63. The quantitative estimate of drug-likeness (QED) is 0.648. The number of nitrogens with zero attached hydrogens (tertiary/aromatic N) is 5. The molecule has 0 N–H and O–H groups in total. The second-order valence-electron chi connectivity index (χ2n) is 10.6. The summed E-state index contributed by atoms with van der Waals surface area (Å²) in [6, 6.07) is 5.77. The molecule has 1 spiro atoms. The molecule has 0 bridgehead atoms. The molecule has 9 heteroatoms. The second-order valence-corrected chi connectivity index (χ2v) is 11.1. The van der Waals surface area contributed by atoms with E-state index in [0.29, 0.717) is 35.9 Å². The van der Waals surface area contributed by atoms with E-state index in [0.717, 1.165) is 68.1 Å². The molecule has 3 fully saturated rings. The first-order valence-electron chi connectivity index (χ1n) is 12.3. The average Bonchev–Trinajstić information content (AvgIpc) is 3.55. The van der Waals surface area contributed by atoms with E-state index in [1.54, 1.807) is 4.90 Å². The Bertz CT molecular complexity index is 1150. The minimum atomic E-state index is -0.351. The summed E-state index contributed by atoms with van der Waals surface area (Å²) in [5.41, 5.74) is 2.16. The van der Waals surface area contributed by atoms with Gasteiger partial charge in [-0.2, -0.15) is 0 Å². The summed E-state index contributed by atoms with van der Waals surface area (Å²) in [7, 11) is 0. The molecular formula is C25H30ClN5O3. The smallest absolute Gasteiger partial charge is 0.410 e. The molecule has 1 aromatic heterocycles. The zero-order valence-electron chi connectivity index (χ0n) is 19.7. The van der Waals surface area contributed by atoms with E-state index in [4.69, 9.17) is 16.3 Å². The third-order valence-corrected chi connectivity index (χ3v) is 8.12. The number of ether oxygens (including phenoxy) is 1. The maximum Gasteiger partial charge on any atom is 0.410 e. The lowest BCUT2D eigenvalue weighted by molar-refractivity contribution is -0.153. The van der Waals surface area contributed by atoms with Crippen LogP contribution in [-0.4, -0.2) is 55.8 Å². The standard InChI is InChI=1S/C25H30ClN5O3/c1-3-15(2)34-24(33)29-11-17-8-19(26)6-7-20(17)31-21(12-29)27-28-22(31)18-9-25(10-18)13-30(14-25)23(32)16-4-5-16/h6-8,15-16,18H,3-5,9-14H2,1-2H3/t15-/m1/s1. The molecule has 180 valence electrons. The molecule has 6 rings (SSSR count). The minimum Gasteiger partial charge on any atom is -0.446 e. The highest BCUT2D eigenvalue weighted by atomic mass is 35.5. The van der Waals surface area contributed by atoms with Gasteiger partial charge >= 0.3 is 6.09 Å². The Kier molecular flexibility index (Phi) is 5.13. The van der Waals surface area contributed by atoms with Crippen molar-refractivity contribution in [2.75, 3.05) is 13.1 Å². The predicted molar refractivity (Wildman–Crippen MR) is 126 cm³/mol. The van der Waals surface area contributed by atoms with Crippen LogP contribution >= 0.6 is 11.6 Å². The molecular weight excluding hydrogens is 454 g/mol. The predicted octanol–water partition coefficient (Wildman–Crippen LogP) is 4.29. The van der Waals surface area contributed by atoms with Gasteiger partial charge in [0, 0.05) is 35.4 Å². The maximum atomic E-state index is 12.9. The number of halogens is 1. The Morgan fingerprint density at radius 2 is 1.94 bits per heavy atom. The van der Waals surface area contributed by atoms with Crippen molar-refractivity contribution < 1.29 is 14.3 Å². The molecule has 2 aliphatic carbocycles. The van der Waals surface area contributed by atoms with Gasteiger partial charge in [0.05, 0.1) is 18.8 Å². The molecule has 2 amide bonds. The maximum absolute atomic E-state index is 12.9. The lowest BCUT2D eigenvalue weighted by Gasteiger charge is -2.58. The van der Waals surface area contributed by atoms with Crippen LogP contribution in [-0.2, 0) is 22.6 Å². The molecule has 2 aliphatic heterocycles. The number of likely N-dealkylation sites (tertiary alicyclic amines) is 1. The van der Waals surface area contributed by atoms with Crippen molar-refractivity contribution >= 4 is 23.6 Å².